The molecule has 102 valence electrons. The van der Waals surface area contributed by atoms with Crippen LogP contribution in [0.5, 0.6) is 5.75 Å². The molecular weight excluding hydrogens is 238 g/mol. The van der Waals surface area contributed by atoms with Crippen LogP contribution in [-0.2, 0) is 6.42 Å². The molecule has 19 heavy (non-hydrogen) atoms. The second-order valence-corrected chi connectivity index (χ2v) is 5.15. The summed E-state index contributed by atoms with van der Waals surface area (Å²) < 4.78 is 5.16. The molecule has 4 heteroatoms. The fourth-order valence-corrected chi connectivity index (χ4v) is 2.52. The van der Waals surface area contributed by atoms with Crippen molar-refractivity contribution in [1.82, 2.24) is 10.2 Å². The molecule has 1 aromatic rings. The molecular formula is C15H21N3O. The van der Waals surface area contributed by atoms with Crippen molar-refractivity contribution in [2.45, 2.75) is 18.9 Å². The van der Waals surface area contributed by atoms with E-state index in [4.69, 9.17) is 4.74 Å². The molecule has 0 aromatic heterocycles. The van der Waals surface area contributed by atoms with Crippen molar-refractivity contribution < 1.29 is 4.74 Å². The van der Waals surface area contributed by atoms with Gasteiger partial charge in [0.15, 0.2) is 0 Å². The van der Waals surface area contributed by atoms with Crippen molar-refractivity contribution in [3.8, 4) is 11.8 Å². The van der Waals surface area contributed by atoms with Crippen molar-refractivity contribution in [1.29, 1.82) is 5.26 Å². The molecule has 1 N–H and O–H groups in total. The summed E-state index contributed by atoms with van der Waals surface area (Å²) in [5, 5.41) is 12.9. The van der Waals surface area contributed by atoms with E-state index >= 15 is 0 Å². The highest BCUT2D eigenvalue weighted by Crippen LogP contribution is 2.22. The van der Waals surface area contributed by atoms with E-state index in [1.165, 1.54) is 5.56 Å². The zero-order chi connectivity index (χ0) is 13.7. The molecule has 1 heterocycles. The van der Waals surface area contributed by atoms with E-state index in [0.29, 0.717) is 0 Å². The summed E-state index contributed by atoms with van der Waals surface area (Å²) in [5.74, 6) is 0.851. The highest BCUT2D eigenvalue weighted by molar-refractivity contribution is 5.29. The van der Waals surface area contributed by atoms with Crippen molar-refractivity contribution >= 4 is 0 Å². The maximum absolute atomic E-state index is 9.56. The minimum Gasteiger partial charge on any atom is -0.497 e. The molecule has 1 aliphatic heterocycles. The average Bonchev–Trinajstić information content (AvgIpc) is 2.49. The first-order valence-electron chi connectivity index (χ1n) is 6.68. The van der Waals surface area contributed by atoms with Gasteiger partial charge in [-0.1, -0.05) is 12.1 Å². The lowest BCUT2D eigenvalue weighted by atomic mass is 9.91. The largest absolute Gasteiger partial charge is 0.497 e. The van der Waals surface area contributed by atoms with Gasteiger partial charge in [-0.15, -0.1) is 0 Å². The van der Waals surface area contributed by atoms with Gasteiger partial charge in [0.1, 0.15) is 11.3 Å². The van der Waals surface area contributed by atoms with Crippen LogP contribution in [0.1, 0.15) is 12.5 Å². The number of hydrogen-bond acceptors (Lipinski definition) is 4. The molecule has 1 aliphatic rings. The van der Waals surface area contributed by atoms with Gasteiger partial charge in [-0.05, 0) is 24.6 Å². The van der Waals surface area contributed by atoms with E-state index in [1.807, 2.05) is 31.2 Å². The quantitative estimate of drug-likeness (QED) is 0.888. The van der Waals surface area contributed by atoms with Crippen LogP contribution < -0.4 is 10.1 Å². The minimum atomic E-state index is -0.434. The predicted molar refractivity (Wildman–Crippen MR) is 75.2 cm³/mol. The van der Waals surface area contributed by atoms with Crippen LogP contribution in [0.15, 0.2) is 24.3 Å². The van der Waals surface area contributed by atoms with E-state index in [2.05, 4.69) is 16.3 Å². The van der Waals surface area contributed by atoms with Gasteiger partial charge in [0.2, 0.25) is 0 Å². The van der Waals surface area contributed by atoms with Crippen LogP contribution in [0.4, 0.5) is 0 Å². The molecule has 4 nitrogen and oxygen atoms in total. The van der Waals surface area contributed by atoms with Crippen molar-refractivity contribution in [2.24, 2.45) is 0 Å². The monoisotopic (exact) mass is 259 g/mol. The molecule has 1 unspecified atom stereocenters. The van der Waals surface area contributed by atoms with Crippen molar-refractivity contribution in [3.05, 3.63) is 29.8 Å². The Morgan fingerprint density at radius 1 is 1.32 bits per heavy atom. The van der Waals surface area contributed by atoms with Gasteiger partial charge < -0.3 is 10.1 Å². The third kappa shape index (κ3) is 3.25. The molecule has 0 aliphatic carbocycles. The van der Waals surface area contributed by atoms with E-state index in [9.17, 15) is 5.26 Å². The van der Waals surface area contributed by atoms with Crippen molar-refractivity contribution in [2.75, 3.05) is 33.3 Å². The molecule has 2 rings (SSSR count). The Kier molecular flexibility index (Phi) is 4.41. The van der Waals surface area contributed by atoms with E-state index in [-0.39, 0.29) is 0 Å². The van der Waals surface area contributed by atoms with Crippen LogP contribution in [-0.4, -0.2) is 43.7 Å². The number of benzene rings is 1. The Bertz CT molecular complexity index is 445. The first kappa shape index (κ1) is 13.9. The Hall–Kier alpha value is -1.57. The summed E-state index contributed by atoms with van der Waals surface area (Å²) in [6, 6.07) is 10.5. The van der Waals surface area contributed by atoms with Gasteiger partial charge in [0.05, 0.1) is 13.2 Å². The fraction of sp³-hybridized carbons (Fsp3) is 0.533. The van der Waals surface area contributed by atoms with Gasteiger partial charge in [0.25, 0.3) is 0 Å². The SMILES string of the molecule is COc1ccc(CC(C)(C#N)N2CCNCC2)cc1. The van der Waals surface area contributed by atoms with Crippen LogP contribution in [0.25, 0.3) is 0 Å². The number of hydrogen-bond donors (Lipinski definition) is 1. The third-order valence-electron chi connectivity index (χ3n) is 3.76. The number of rotatable bonds is 4. The average molecular weight is 259 g/mol. The standard InChI is InChI=1S/C15H21N3O/c1-15(12-16,18-9-7-17-8-10-18)11-13-3-5-14(19-2)6-4-13/h3-6,17H,7-11H2,1-2H3. The molecule has 0 spiro atoms. The summed E-state index contributed by atoms with van der Waals surface area (Å²) in [4.78, 5) is 2.27. The lowest BCUT2D eigenvalue weighted by Crippen LogP contribution is -2.55. The lowest BCUT2D eigenvalue weighted by molar-refractivity contribution is 0.132. The van der Waals surface area contributed by atoms with Gasteiger partial charge in [-0.25, -0.2) is 0 Å². The predicted octanol–water partition coefficient (Wildman–Crippen LogP) is 1.43. The molecule has 1 atom stereocenters. The van der Waals surface area contributed by atoms with Crippen LogP contribution in [0.2, 0.25) is 0 Å². The van der Waals surface area contributed by atoms with Gasteiger partial charge >= 0.3 is 0 Å². The van der Waals surface area contributed by atoms with Gasteiger partial charge in [0, 0.05) is 32.6 Å². The highest BCUT2D eigenvalue weighted by atomic mass is 16.5. The van der Waals surface area contributed by atoms with Crippen molar-refractivity contribution in [3.63, 3.8) is 0 Å². The van der Waals surface area contributed by atoms with Gasteiger partial charge in [-0.2, -0.15) is 5.26 Å². The lowest BCUT2D eigenvalue weighted by Gasteiger charge is -2.38. The van der Waals surface area contributed by atoms with Crippen LogP contribution in [0, 0.1) is 11.3 Å². The molecule has 0 saturated carbocycles. The topological polar surface area (TPSA) is 48.3 Å². The highest BCUT2D eigenvalue weighted by Gasteiger charge is 2.32. The Balaban J connectivity index is 2.10. The number of nitriles is 1. The molecule has 1 aromatic carbocycles. The number of methoxy groups -OCH3 is 1. The Morgan fingerprint density at radius 3 is 2.47 bits per heavy atom. The summed E-state index contributed by atoms with van der Waals surface area (Å²) in [5.41, 5.74) is 0.736. The smallest absolute Gasteiger partial charge is 0.118 e. The van der Waals surface area contributed by atoms with Crippen LogP contribution in [0.3, 0.4) is 0 Å². The van der Waals surface area contributed by atoms with E-state index in [0.717, 1.165) is 38.3 Å². The molecule has 0 amide bonds. The third-order valence-corrected chi connectivity index (χ3v) is 3.76. The molecule has 1 saturated heterocycles. The zero-order valence-electron chi connectivity index (χ0n) is 11.6. The Labute approximate surface area is 115 Å². The maximum Gasteiger partial charge on any atom is 0.118 e. The summed E-state index contributed by atoms with van der Waals surface area (Å²) in [6.07, 6.45) is 0.744. The second kappa shape index (κ2) is 6.05. The molecule has 0 radical (unpaired) electrons. The maximum atomic E-state index is 9.56. The zero-order valence-corrected chi connectivity index (χ0v) is 11.6. The summed E-state index contributed by atoms with van der Waals surface area (Å²) in [6.45, 7) is 5.81. The summed E-state index contributed by atoms with van der Waals surface area (Å²) >= 11 is 0. The first-order chi connectivity index (χ1) is 9.18. The number of piperazine rings is 1. The number of nitrogens with zero attached hydrogens (tertiary/aromatic N) is 2. The second-order valence-electron chi connectivity index (χ2n) is 5.15. The van der Waals surface area contributed by atoms with Gasteiger partial charge in [-0.3, -0.25) is 4.90 Å². The van der Waals surface area contributed by atoms with Crippen LogP contribution >= 0.6 is 0 Å². The number of ether oxygens (including phenoxy) is 1. The number of nitrogens with one attached hydrogen (secondary N) is 1. The normalized spacial score (nSPS) is 19.4. The van der Waals surface area contributed by atoms with E-state index in [1.54, 1.807) is 7.11 Å². The Morgan fingerprint density at radius 2 is 1.95 bits per heavy atom. The molecule has 1 fully saturated rings. The van der Waals surface area contributed by atoms with E-state index < -0.39 is 5.54 Å². The fourth-order valence-electron chi connectivity index (χ4n) is 2.52. The molecule has 0 bridgehead atoms. The summed E-state index contributed by atoms with van der Waals surface area (Å²) in [7, 11) is 1.66. The first-order valence-corrected chi connectivity index (χ1v) is 6.68. The minimum absolute atomic E-state index is 0.434.